The van der Waals surface area contributed by atoms with Gasteiger partial charge in [-0.25, -0.2) is 4.98 Å². The Morgan fingerprint density at radius 2 is 2.41 bits per heavy atom. The number of rotatable bonds is 3. The molecule has 1 saturated heterocycles. The largest absolute Gasteiger partial charge is 0.481 e. The molecule has 1 aromatic rings. The number of nitrogens with one attached hydrogen (secondary N) is 2. The van der Waals surface area contributed by atoms with E-state index in [4.69, 9.17) is 4.74 Å². The average molecular weight is 236 g/mol. The van der Waals surface area contributed by atoms with Gasteiger partial charge < -0.3 is 15.4 Å². The van der Waals surface area contributed by atoms with Crippen molar-refractivity contribution in [1.29, 1.82) is 0 Å². The Morgan fingerprint density at radius 3 is 3.24 bits per heavy atom. The van der Waals surface area contributed by atoms with Gasteiger partial charge in [-0.2, -0.15) is 4.98 Å². The van der Waals surface area contributed by atoms with Gasteiger partial charge in [0.05, 0.1) is 7.11 Å². The third kappa shape index (κ3) is 3.05. The van der Waals surface area contributed by atoms with Gasteiger partial charge in [0.15, 0.2) is 0 Å². The summed E-state index contributed by atoms with van der Waals surface area (Å²) >= 11 is 0. The van der Waals surface area contributed by atoms with E-state index < -0.39 is 0 Å². The van der Waals surface area contributed by atoms with E-state index in [1.807, 2.05) is 0 Å². The van der Waals surface area contributed by atoms with Gasteiger partial charge >= 0.3 is 0 Å². The van der Waals surface area contributed by atoms with Crippen LogP contribution in [0.1, 0.15) is 19.3 Å². The number of methoxy groups -OCH3 is 1. The van der Waals surface area contributed by atoms with Crippen molar-refractivity contribution in [3.05, 3.63) is 12.3 Å². The smallest absolute Gasteiger partial charge is 0.242 e. The summed E-state index contributed by atoms with van der Waals surface area (Å²) in [7, 11) is 1.55. The lowest BCUT2D eigenvalue weighted by Crippen LogP contribution is -2.38. The van der Waals surface area contributed by atoms with Crippen LogP contribution >= 0.6 is 0 Å². The lowest BCUT2D eigenvalue weighted by molar-refractivity contribution is -0.121. The number of carbonyl (C=O) groups excluding carboxylic acids is 1. The zero-order chi connectivity index (χ0) is 12.1. The van der Waals surface area contributed by atoms with E-state index in [1.54, 1.807) is 19.4 Å². The highest BCUT2D eigenvalue weighted by molar-refractivity contribution is 5.84. The summed E-state index contributed by atoms with van der Waals surface area (Å²) in [5, 5.41) is 5.89. The van der Waals surface area contributed by atoms with Crippen LogP contribution in [-0.2, 0) is 4.79 Å². The first-order valence-corrected chi connectivity index (χ1v) is 5.71. The highest BCUT2D eigenvalue weighted by atomic mass is 16.5. The Hall–Kier alpha value is -1.85. The molecule has 1 atom stereocenters. The number of amides is 1. The van der Waals surface area contributed by atoms with Gasteiger partial charge in [-0.3, -0.25) is 4.79 Å². The molecule has 0 aliphatic carbocycles. The molecule has 1 amide bonds. The first kappa shape index (κ1) is 11.6. The van der Waals surface area contributed by atoms with Gasteiger partial charge in [0, 0.05) is 18.8 Å². The third-order valence-corrected chi connectivity index (χ3v) is 2.68. The van der Waals surface area contributed by atoms with Gasteiger partial charge in [0.25, 0.3) is 0 Å². The van der Waals surface area contributed by atoms with Crippen LogP contribution in [0.5, 0.6) is 5.88 Å². The summed E-state index contributed by atoms with van der Waals surface area (Å²) in [5.74, 6) is 0.914. The van der Waals surface area contributed by atoms with Gasteiger partial charge in [-0.1, -0.05) is 0 Å². The van der Waals surface area contributed by atoms with E-state index in [0.29, 0.717) is 11.8 Å². The molecule has 1 aliphatic rings. The van der Waals surface area contributed by atoms with Crippen molar-refractivity contribution < 1.29 is 9.53 Å². The number of ether oxygens (including phenoxy) is 1. The first-order valence-electron chi connectivity index (χ1n) is 5.71. The second kappa shape index (κ2) is 5.47. The predicted molar refractivity (Wildman–Crippen MR) is 62.9 cm³/mol. The molecule has 2 N–H and O–H groups in total. The molecule has 2 rings (SSSR count). The Morgan fingerprint density at radius 1 is 1.53 bits per heavy atom. The van der Waals surface area contributed by atoms with Crippen LogP contribution in [0.15, 0.2) is 12.3 Å². The SMILES string of the molecule is COc1ccnc(NC2CCCCNC2=O)n1. The second-order valence-electron chi connectivity index (χ2n) is 3.91. The van der Waals surface area contributed by atoms with E-state index in [0.717, 1.165) is 25.8 Å². The summed E-state index contributed by atoms with van der Waals surface area (Å²) in [5.41, 5.74) is 0. The second-order valence-corrected chi connectivity index (χ2v) is 3.91. The van der Waals surface area contributed by atoms with Crippen molar-refractivity contribution in [3.8, 4) is 5.88 Å². The lowest BCUT2D eigenvalue weighted by Gasteiger charge is -2.14. The summed E-state index contributed by atoms with van der Waals surface area (Å²) in [6.45, 7) is 0.746. The molecule has 1 aliphatic heterocycles. The van der Waals surface area contributed by atoms with Crippen LogP contribution in [-0.4, -0.2) is 35.6 Å². The Bertz CT molecular complexity index is 397. The number of hydrogen-bond donors (Lipinski definition) is 2. The van der Waals surface area contributed by atoms with Gasteiger partial charge in [0.1, 0.15) is 6.04 Å². The molecule has 1 aromatic heterocycles. The normalized spacial score (nSPS) is 20.3. The standard InChI is InChI=1S/C11H16N4O2/c1-17-9-5-7-13-11(15-9)14-8-4-2-3-6-12-10(8)16/h5,7-8H,2-4,6H2,1H3,(H,12,16)(H,13,14,15). The zero-order valence-electron chi connectivity index (χ0n) is 9.77. The minimum atomic E-state index is -0.260. The molecule has 6 nitrogen and oxygen atoms in total. The van der Waals surface area contributed by atoms with E-state index in [2.05, 4.69) is 20.6 Å². The van der Waals surface area contributed by atoms with Crippen molar-refractivity contribution in [2.75, 3.05) is 19.0 Å². The molecule has 17 heavy (non-hydrogen) atoms. The van der Waals surface area contributed by atoms with E-state index in [-0.39, 0.29) is 11.9 Å². The molecule has 0 saturated carbocycles. The first-order chi connectivity index (χ1) is 8.29. The average Bonchev–Trinajstić information content (AvgIpc) is 2.55. The third-order valence-electron chi connectivity index (χ3n) is 2.68. The summed E-state index contributed by atoms with van der Waals surface area (Å²) in [6, 6.07) is 1.41. The number of aromatic nitrogens is 2. The highest BCUT2D eigenvalue weighted by Crippen LogP contribution is 2.12. The summed E-state index contributed by atoms with van der Waals surface area (Å²) < 4.78 is 5.00. The fourth-order valence-corrected chi connectivity index (χ4v) is 1.76. The van der Waals surface area contributed by atoms with Crippen LogP contribution in [0.25, 0.3) is 0 Å². The maximum absolute atomic E-state index is 11.7. The molecule has 2 heterocycles. The van der Waals surface area contributed by atoms with Crippen molar-refractivity contribution >= 4 is 11.9 Å². The van der Waals surface area contributed by atoms with Crippen molar-refractivity contribution in [2.45, 2.75) is 25.3 Å². The zero-order valence-corrected chi connectivity index (χ0v) is 9.77. The highest BCUT2D eigenvalue weighted by Gasteiger charge is 2.21. The minimum absolute atomic E-state index is 0.00826. The molecular weight excluding hydrogens is 220 g/mol. The Balaban J connectivity index is 2.05. The monoisotopic (exact) mass is 236 g/mol. The minimum Gasteiger partial charge on any atom is -0.481 e. The predicted octanol–water partition coefficient (Wildman–Crippen LogP) is 0.566. The van der Waals surface area contributed by atoms with E-state index >= 15 is 0 Å². The number of nitrogens with zero attached hydrogens (tertiary/aromatic N) is 2. The number of carbonyl (C=O) groups is 1. The fourth-order valence-electron chi connectivity index (χ4n) is 1.76. The summed E-state index contributed by atoms with van der Waals surface area (Å²) in [4.78, 5) is 19.9. The van der Waals surface area contributed by atoms with E-state index in [9.17, 15) is 4.79 Å². The molecule has 6 heteroatoms. The topological polar surface area (TPSA) is 76.1 Å². The Kier molecular flexibility index (Phi) is 3.74. The lowest BCUT2D eigenvalue weighted by atomic mass is 10.1. The van der Waals surface area contributed by atoms with Gasteiger partial charge in [-0.05, 0) is 19.3 Å². The molecule has 0 radical (unpaired) electrons. The van der Waals surface area contributed by atoms with Crippen LogP contribution in [0.2, 0.25) is 0 Å². The van der Waals surface area contributed by atoms with Crippen molar-refractivity contribution in [1.82, 2.24) is 15.3 Å². The molecule has 1 fully saturated rings. The molecular formula is C11H16N4O2. The summed E-state index contributed by atoms with van der Waals surface area (Å²) in [6.07, 6.45) is 4.43. The van der Waals surface area contributed by atoms with E-state index in [1.165, 1.54) is 0 Å². The van der Waals surface area contributed by atoms with Gasteiger partial charge in [0.2, 0.25) is 17.7 Å². The van der Waals surface area contributed by atoms with Crippen LogP contribution in [0, 0.1) is 0 Å². The van der Waals surface area contributed by atoms with Crippen molar-refractivity contribution in [2.24, 2.45) is 0 Å². The molecule has 0 bridgehead atoms. The van der Waals surface area contributed by atoms with Crippen LogP contribution < -0.4 is 15.4 Å². The molecule has 1 unspecified atom stereocenters. The molecule has 0 spiro atoms. The van der Waals surface area contributed by atoms with Crippen LogP contribution in [0.3, 0.4) is 0 Å². The molecule has 0 aromatic carbocycles. The number of hydrogen-bond acceptors (Lipinski definition) is 5. The molecule has 92 valence electrons. The fraction of sp³-hybridized carbons (Fsp3) is 0.545. The van der Waals surface area contributed by atoms with Crippen LogP contribution in [0.4, 0.5) is 5.95 Å². The van der Waals surface area contributed by atoms with Gasteiger partial charge in [-0.15, -0.1) is 0 Å². The quantitative estimate of drug-likeness (QED) is 0.802. The van der Waals surface area contributed by atoms with Crippen molar-refractivity contribution in [3.63, 3.8) is 0 Å². The Labute approximate surface area is 99.8 Å². The maximum Gasteiger partial charge on any atom is 0.242 e. The number of anilines is 1. The maximum atomic E-state index is 11.7.